The number of hydrogen-bond donors (Lipinski definition) is 0. The van der Waals surface area contributed by atoms with Gasteiger partial charge in [0.15, 0.2) is 0 Å². The minimum Gasteiger partial charge on any atom is -0.454 e. The fourth-order valence-corrected chi connectivity index (χ4v) is 1.99. The van der Waals surface area contributed by atoms with E-state index >= 15 is 0 Å². The molecule has 1 heterocycles. The minimum atomic E-state index is -5.12. The van der Waals surface area contributed by atoms with Crippen LogP contribution in [-0.2, 0) is 22.3 Å². The fourth-order valence-electron chi connectivity index (χ4n) is 1.74. The Bertz CT molecular complexity index is 807. The highest BCUT2D eigenvalue weighted by molar-refractivity contribution is 6.30. The molecule has 2 aromatic rings. The minimum absolute atomic E-state index is 0.0499. The number of esters is 1. The average Bonchev–Trinajstić information content (AvgIpc) is 2.51. The fraction of sp³-hybridized carbons (Fsp3) is 0.200. The molecule has 0 saturated heterocycles. The quantitative estimate of drug-likeness (QED) is 0.405. The number of rotatable bonds is 4. The van der Waals surface area contributed by atoms with Crippen LogP contribution in [0.2, 0.25) is 5.15 Å². The molecule has 1 aromatic heterocycles. The van der Waals surface area contributed by atoms with Crippen molar-refractivity contribution < 1.29 is 40.6 Å². The maximum atomic E-state index is 12.6. The van der Waals surface area contributed by atoms with Crippen molar-refractivity contribution in [3.63, 3.8) is 0 Å². The van der Waals surface area contributed by atoms with Gasteiger partial charge in [0.05, 0.1) is 5.56 Å². The van der Waals surface area contributed by atoms with Crippen LogP contribution in [0, 0.1) is 0 Å². The van der Waals surface area contributed by atoms with E-state index < -0.39 is 35.6 Å². The number of nitrogens with zero attached hydrogens (tertiary/aromatic N) is 1. The second kappa shape index (κ2) is 7.40. The number of carbonyl (C=O) groups excluding carboxylic acids is 1. The number of ether oxygens (including phenoxy) is 2. The number of pyridine rings is 1. The van der Waals surface area contributed by atoms with E-state index in [1.165, 1.54) is 24.3 Å². The molecule has 11 heteroatoms. The maximum absolute atomic E-state index is 12.6. The first-order chi connectivity index (χ1) is 12.0. The van der Waals surface area contributed by atoms with E-state index in [4.69, 9.17) is 16.3 Å². The van der Waals surface area contributed by atoms with Gasteiger partial charge >= 0.3 is 18.3 Å². The van der Waals surface area contributed by atoms with Gasteiger partial charge in [0.2, 0.25) is 5.88 Å². The summed E-state index contributed by atoms with van der Waals surface area (Å²) in [6, 6.07) is 6.98. The summed E-state index contributed by atoms with van der Waals surface area (Å²) in [5, 5.41) is -0.815. The predicted molar refractivity (Wildman–Crippen MR) is 76.6 cm³/mol. The number of hydrogen-bond acceptors (Lipinski definition) is 4. The summed E-state index contributed by atoms with van der Waals surface area (Å²) in [5.74, 6) is -2.55. The molecule has 0 fully saturated rings. The standard InChI is InChI=1S/C15H8ClF6NO3/c16-12-10(14(17,18)19)4-5-11(23-12)26-9-3-1-2-8(6-9)7-25-13(24)15(20,21)22/h1-6H,7H2. The van der Waals surface area contributed by atoms with Gasteiger partial charge in [-0.1, -0.05) is 23.7 Å². The van der Waals surface area contributed by atoms with Crippen LogP contribution in [0.5, 0.6) is 11.6 Å². The molecule has 2 rings (SSSR count). The van der Waals surface area contributed by atoms with Crippen LogP contribution in [0.4, 0.5) is 26.3 Å². The van der Waals surface area contributed by atoms with Gasteiger partial charge in [-0.05, 0) is 23.8 Å². The van der Waals surface area contributed by atoms with Crippen molar-refractivity contribution in [3.8, 4) is 11.6 Å². The summed E-state index contributed by atoms with van der Waals surface area (Å²) in [6.07, 6.45) is -9.79. The van der Waals surface area contributed by atoms with Crippen molar-refractivity contribution in [2.24, 2.45) is 0 Å². The summed E-state index contributed by atoms with van der Waals surface area (Å²) in [6.45, 7) is -0.670. The molecular formula is C15H8ClF6NO3. The SMILES string of the molecule is O=C(OCc1cccc(Oc2ccc(C(F)(F)F)c(Cl)n2)c1)C(F)(F)F. The Morgan fingerprint density at radius 1 is 1.08 bits per heavy atom. The van der Waals surface area contributed by atoms with Crippen LogP contribution in [-0.4, -0.2) is 17.1 Å². The van der Waals surface area contributed by atoms with E-state index in [2.05, 4.69) is 9.72 Å². The van der Waals surface area contributed by atoms with Gasteiger partial charge in [-0.2, -0.15) is 26.3 Å². The molecule has 0 aliphatic rings. The molecule has 0 amide bonds. The Morgan fingerprint density at radius 2 is 1.77 bits per heavy atom. The van der Waals surface area contributed by atoms with Gasteiger partial charge in [-0.25, -0.2) is 9.78 Å². The molecule has 0 bridgehead atoms. The average molecular weight is 400 g/mol. The van der Waals surface area contributed by atoms with Crippen molar-refractivity contribution in [1.29, 1.82) is 0 Å². The lowest BCUT2D eigenvalue weighted by Gasteiger charge is -2.11. The van der Waals surface area contributed by atoms with E-state index in [0.717, 1.165) is 6.07 Å². The molecule has 26 heavy (non-hydrogen) atoms. The normalized spacial score (nSPS) is 12.0. The lowest BCUT2D eigenvalue weighted by molar-refractivity contribution is -0.201. The summed E-state index contributed by atoms with van der Waals surface area (Å²) in [7, 11) is 0. The Balaban J connectivity index is 2.09. The number of carbonyl (C=O) groups is 1. The number of benzene rings is 1. The third-order valence-electron chi connectivity index (χ3n) is 2.85. The van der Waals surface area contributed by atoms with Gasteiger partial charge in [0.1, 0.15) is 17.5 Å². The lowest BCUT2D eigenvalue weighted by atomic mass is 10.2. The smallest absolute Gasteiger partial charge is 0.454 e. The van der Waals surface area contributed by atoms with E-state index in [9.17, 15) is 31.1 Å². The van der Waals surface area contributed by atoms with Crippen molar-refractivity contribution in [2.75, 3.05) is 0 Å². The zero-order valence-corrected chi connectivity index (χ0v) is 13.2. The number of aromatic nitrogens is 1. The summed E-state index contributed by atoms with van der Waals surface area (Å²) in [4.78, 5) is 14.1. The van der Waals surface area contributed by atoms with Gasteiger partial charge < -0.3 is 9.47 Å². The highest BCUT2D eigenvalue weighted by atomic mass is 35.5. The van der Waals surface area contributed by atoms with Crippen LogP contribution < -0.4 is 4.74 Å². The van der Waals surface area contributed by atoms with Gasteiger partial charge in [0, 0.05) is 6.07 Å². The van der Waals surface area contributed by atoms with Crippen LogP contribution >= 0.6 is 11.6 Å². The van der Waals surface area contributed by atoms with E-state index in [0.29, 0.717) is 6.07 Å². The first kappa shape index (κ1) is 19.8. The molecule has 1 aromatic carbocycles. The van der Waals surface area contributed by atoms with Crippen LogP contribution in [0.25, 0.3) is 0 Å². The third-order valence-corrected chi connectivity index (χ3v) is 3.14. The Kier molecular flexibility index (Phi) is 5.65. The number of halogens is 7. The van der Waals surface area contributed by atoms with Crippen LogP contribution in [0.1, 0.15) is 11.1 Å². The molecular weight excluding hydrogens is 392 g/mol. The molecule has 0 aliphatic carbocycles. The zero-order valence-electron chi connectivity index (χ0n) is 12.5. The zero-order chi connectivity index (χ0) is 19.5. The first-order valence-corrected chi connectivity index (χ1v) is 7.09. The highest BCUT2D eigenvalue weighted by Crippen LogP contribution is 2.35. The van der Waals surface area contributed by atoms with Crippen molar-refractivity contribution in [1.82, 2.24) is 4.98 Å². The summed E-state index contributed by atoms with van der Waals surface area (Å²) >= 11 is 5.46. The third kappa shape index (κ3) is 5.25. The largest absolute Gasteiger partial charge is 0.490 e. The molecule has 140 valence electrons. The number of alkyl halides is 6. The highest BCUT2D eigenvalue weighted by Gasteiger charge is 2.40. The molecule has 0 aliphatic heterocycles. The molecule has 0 unspecified atom stereocenters. The van der Waals surface area contributed by atoms with E-state index in [1.807, 2.05) is 0 Å². The van der Waals surface area contributed by atoms with E-state index in [1.54, 1.807) is 0 Å². The van der Waals surface area contributed by atoms with Crippen molar-refractivity contribution in [2.45, 2.75) is 19.0 Å². The Hall–Kier alpha value is -2.49. The molecule has 0 N–H and O–H groups in total. The first-order valence-electron chi connectivity index (χ1n) is 6.71. The summed E-state index contributed by atoms with van der Waals surface area (Å²) < 4.78 is 83.3. The topological polar surface area (TPSA) is 48.4 Å². The molecule has 4 nitrogen and oxygen atoms in total. The van der Waals surface area contributed by atoms with E-state index in [-0.39, 0.29) is 17.2 Å². The molecule has 0 spiro atoms. The van der Waals surface area contributed by atoms with Crippen molar-refractivity contribution >= 4 is 17.6 Å². The Labute approximate surface area is 147 Å². The molecule has 0 saturated carbocycles. The molecule has 0 radical (unpaired) electrons. The van der Waals surface area contributed by atoms with Gasteiger partial charge in [-0.3, -0.25) is 0 Å². The van der Waals surface area contributed by atoms with Gasteiger partial charge in [-0.15, -0.1) is 0 Å². The van der Waals surface area contributed by atoms with Crippen molar-refractivity contribution in [3.05, 3.63) is 52.7 Å². The lowest BCUT2D eigenvalue weighted by Crippen LogP contribution is -2.25. The van der Waals surface area contributed by atoms with Crippen LogP contribution in [0.3, 0.4) is 0 Å². The second-order valence-electron chi connectivity index (χ2n) is 4.81. The monoisotopic (exact) mass is 399 g/mol. The van der Waals surface area contributed by atoms with Gasteiger partial charge in [0.25, 0.3) is 0 Å². The Morgan fingerprint density at radius 3 is 2.35 bits per heavy atom. The summed E-state index contributed by atoms with van der Waals surface area (Å²) in [5.41, 5.74) is -0.975. The maximum Gasteiger partial charge on any atom is 0.490 e. The second-order valence-corrected chi connectivity index (χ2v) is 5.17. The predicted octanol–water partition coefficient (Wildman–Crippen LogP) is 5.15. The van der Waals surface area contributed by atoms with Crippen LogP contribution in [0.15, 0.2) is 36.4 Å². The molecule has 0 atom stereocenters.